The van der Waals surface area contributed by atoms with Crippen molar-refractivity contribution in [2.45, 2.75) is 57.4 Å². The third-order valence-corrected chi connectivity index (χ3v) is 6.88. The highest BCUT2D eigenvalue weighted by Gasteiger charge is 2.36. The van der Waals surface area contributed by atoms with Gasteiger partial charge >= 0.3 is 0 Å². The summed E-state index contributed by atoms with van der Waals surface area (Å²) in [6.45, 7) is 6.63. The number of nitrogens with zero attached hydrogens (tertiary/aromatic N) is 1. The minimum Gasteiger partial charge on any atom is -0.486 e. The van der Waals surface area contributed by atoms with Gasteiger partial charge in [-0.25, -0.2) is 8.42 Å². The Kier molecular flexibility index (Phi) is 7.50. The third-order valence-electron chi connectivity index (χ3n) is 5.90. The highest BCUT2D eigenvalue weighted by atomic mass is 32.2. The Morgan fingerprint density at radius 3 is 2.57 bits per heavy atom. The lowest BCUT2D eigenvalue weighted by Crippen LogP contribution is -2.43. The summed E-state index contributed by atoms with van der Waals surface area (Å²) >= 11 is 0. The predicted molar refractivity (Wildman–Crippen MR) is 120 cm³/mol. The summed E-state index contributed by atoms with van der Waals surface area (Å²) in [6.07, 6.45) is 6.41. The number of rotatable bonds is 8. The van der Waals surface area contributed by atoms with Crippen LogP contribution in [0.2, 0.25) is 0 Å². The van der Waals surface area contributed by atoms with E-state index in [1.54, 1.807) is 0 Å². The van der Waals surface area contributed by atoms with Gasteiger partial charge in [0.05, 0.1) is 12.3 Å². The topological polar surface area (TPSA) is 89.0 Å². The highest BCUT2D eigenvalue weighted by Crippen LogP contribution is 2.44. The summed E-state index contributed by atoms with van der Waals surface area (Å²) in [6, 6.07) is 6.32. The van der Waals surface area contributed by atoms with Crippen LogP contribution in [-0.4, -0.2) is 58.7 Å². The molecule has 0 aromatic heterocycles. The molecule has 1 aromatic carbocycles. The van der Waals surface area contributed by atoms with Gasteiger partial charge in [-0.3, -0.25) is 4.99 Å². The lowest BCUT2D eigenvalue weighted by Gasteiger charge is -2.30. The highest BCUT2D eigenvalue weighted by molar-refractivity contribution is 7.90. The SMILES string of the molecule is CCNC(=NCC1(c2ccc3c(c2)OCCO3)CCCC1)NC(C)CCS(C)(=O)=O. The van der Waals surface area contributed by atoms with Crippen molar-refractivity contribution >= 4 is 15.8 Å². The first-order valence-corrected chi connectivity index (χ1v) is 13.0. The molecule has 1 heterocycles. The molecule has 0 spiro atoms. The normalized spacial score (nSPS) is 19.4. The van der Waals surface area contributed by atoms with Crippen molar-refractivity contribution in [3.8, 4) is 11.5 Å². The number of hydrogen-bond donors (Lipinski definition) is 2. The van der Waals surface area contributed by atoms with Crippen molar-refractivity contribution in [3.63, 3.8) is 0 Å². The number of benzene rings is 1. The minimum absolute atomic E-state index is 0.00577. The monoisotopic (exact) mass is 437 g/mol. The molecule has 8 heteroatoms. The Morgan fingerprint density at radius 1 is 1.20 bits per heavy atom. The molecule has 1 atom stereocenters. The van der Waals surface area contributed by atoms with E-state index >= 15 is 0 Å². The van der Waals surface area contributed by atoms with Crippen LogP contribution in [0.1, 0.15) is 51.5 Å². The molecular weight excluding hydrogens is 402 g/mol. The van der Waals surface area contributed by atoms with Crippen molar-refractivity contribution in [1.82, 2.24) is 10.6 Å². The Morgan fingerprint density at radius 2 is 1.90 bits per heavy atom. The van der Waals surface area contributed by atoms with Gasteiger partial charge in [0.25, 0.3) is 0 Å². The quantitative estimate of drug-likeness (QED) is 0.480. The van der Waals surface area contributed by atoms with E-state index in [-0.39, 0.29) is 17.2 Å². The molecule has 3 rings (SSSR count). The average Bonchev–Trinajstić information content (AvgIpc) is 3.20. The maximum Gasteiger partial charge on any atom is 0.191 e. The number of hydrogen-bond acceptors (Lipinski definition) is 5. The molecule has 1 aromatic rings. The molecular formula is C22H35N3O4S. The van der Waals surface area contributed by atoms with Crippen molar-refractivity contribution in [3.05, 3.63) is 23.8 Å². The van der Waals surface area contributed by atoms with Gasteiger partial charge < -0.3 is 20.1 Å². The van der Waals surface area contributed by atoms with Gasteiger partial charge in [0.1, 0.15) is 23.1 Å². The molecule has 2 N–H and O–H groups in total. The third kappa shape index (κ3) is 6.03. The number of aliphatic imine (C=N–C) groups is 1. The van der Waals surface area contributed by atoms with Crippen LogP contribution in [0.3, 0.4) is 0 Å². The second-order valence-corrected chi connectivity index (χ2v) is 10.8. The van der Waals surface area contributed by atoms with Crippen LogP contribution in [0.5, 0.6) is 11.5 Å². The first-order chi connectivity index (χ1) is 14.3. The molecule has 0 amide bonds. The van der Waals surface area contributed by atoms with Gasteiger partial charge in [-0.2, -0.15) is 0 Å². The summed E-state index contributed by atoms with van der Waals surface area (Å²) in [5.41, 5.74) is 1.25. The van der Waals surface area contributed by atoms with Crippen LogP contribution in [-0.2, 0) is 15.3 Å². The van der Waals surface area contributed by atoms with Gasteiger partial charge in [0.2, 0.25) is 0 Å². The van der Waals surface area contributed by atoms with E-state index in [4.69, 9.17) is 14.5 Å². The van der Waals surface area contributed by atoms with E-state index in [9.17, 15) is 8.42 Å². The van der Waals surface area contributed by atoms with Crippen LogP contribution in [0.15, 0.2) is 23.2 Å². The Balaban J connectivity index is 1.74. The van der Waals surface area contributed by atoms with Crippen LogP contribution in [0.25, 0.3) is 0 Å². The standard InChI is InChI=1S/C22H35N3O4S/c1-4-23-21(25-17(2)9-14-30(3,26)27)24-16-22(10-5-6-11-22)18-7-8-19-20(15-18)29-13-12-28-19/h7-8,15,17H,4-6,9-14,16H2,1-3H3,(H2,23,24,25). The average molecular weight is 438 g/mol. The van der Waals surface area contributed by atoms with Gasteiger partial charge in [0, 0.05) is 24.3 Å². The van der Waals surface area contributed by atoms with E-state index < -0.39 is 9.84 Å². The molecule has 1 unspecified atom stereocenters. The molecule has 168 valence electrons. The molecule has 1 aliphatic carbocycles. The first kappa shape index (κ1) is 22.7. The molecule has 7 nitrogen and oxygen atoms in total. The number of nitrogens with one attached hydrogen (secondary N) is 2. The zero-order chi connectivity index (χ0) is 21.6. The summed E-state index contributed by atoms with van der Waals surface area (Å²) in [5.74, 6) is 2.55. The first-order valence-electron chi connectivity index (χ1n) is 10.9. The Hall–Kier alpha value is -1.96. The number of ether oxygens (including phenoxy) is 2. The maximum absolute atomic E-state index is 11.5. The van der Waals surface area contributed by atoms with Crippen LogP contribution < -0.4 is 20.1 Å². The minimum atomic E-state index is -2.97. The number of sulfone groups is 1. The molecule has 0 saturated heterocycles. The maximum atomic E-state index is 11.5. The van der Waals surface area contributed by atoms with Crippen molar-refractivity contribution < 1.29 is 17.9 Å². The molecule has 0 bridgehead atoms. The smallest absolute Gasteiger partial charge is 0.191 e. The van der Waals surface area contributed by atoms with Crippen LogP contribution in [0.4, 0.5) is 0 Å². The summed E-state index contributed by atoms with van der Waals surface area (Å²) in [4.78, 5) is 4.91. The van der Waals surface area contributed by atoms with E-state index in [1.807, 2.05) is 19.9 Å². The fourth-order valence-electron chi connectivity index (χ4n) is 4.21. The van der Waals surface area contributed by atoms with Crippen molar-refractivity contribution in [1.29, 1.82) is 0 Å². The molecule has 30 heavy (non-hydrogen) atoms. The predicted octanol–water partition coefficient (Wildman–Crippen LogP) is 2.65. The zero-order valence-corrected chi connectivity index (χ0v) is 19.2. The lowest BCUT2D eigenvalue weighted by atomic mass is 9.79. The summed E-state index contributed by atoms with van der Waals surface area (Å²) < 4.78 is 34.4. The van der Waals surface area contributed by atoms with E-state index in [0.717, 1.165) is 36.8 Å². The van der Waals surface area contributed by atoms with E-state index in [0.29, 0.717) is 26.2 Å². The number of guanidine groups is 1. The van der Waals surface area contributed by atoms with Crippen molar-refractivity contribution in [2.75, 3.05) is 38.3 Å². The van der Waals surface area contributed by atoms with E-state index in [2.05, 4.69) is 22.8 Å². The summed E-state index contributed by atoms with van der Waals surface area (Å²) in [7, 11) is -2.97. The van der Waals surface area contributed by atoms with Gasteiger partial charge in [-0.15, -0.1) is 0 Å². The van der Waals surface area contributed by atoms with Gasteiger partial charge in [-0.1, -0.05) is 18.9 Å². The summed E-state index contributed by atoms with van der Waals surface area (Å²) in [5, 5.41) is 6.66. The van der Waals surface area contributed by atoms with Gasteiger partial charge in [0.15, 0.2) is 17.5 Å². The molecule has 2 aliphatic rings. The largest absolute Gasteiger partial charge is 0.486 e. The Bertz CT molecular complexity index is 848. The molecule has 1 fully saturated rings. The molecule has 1 saturated carbocycles. The van der Waals surface area contributed by atoms with Crippen molar-refractivity contribution in [2.24, 2.45) is 4.99 Å². The lowest BCUT2D eigenvalue weighted by molar-refractivity contribution is 0.171. The Labute approximate surface area is 180 Å². The van der Waals surface area contributed by atoms with Gasteiger partial charge in [-0.05, 0) is 50.8 Å². The zero-order valence-electron chi connectivity index (χ0n) is 18.4. The second-order valence-electron chi connectivity index (χ2n) is 8.50. The fraction of sp³-hybridized carbons (Fsp3) is 0.682. The van der Waals surface area contributed by atoms with Crippen LogP contribution in [0, 0.1) is 0 Å². The molecule has 0 radical (unpaired) electrons. The second kappa shape index (κ2) is 9.90. The fourth-order valence-corrected chi connectivity index (χ4v) is 4.99. The molecule has 1 aliphatic heterocycles. The number of fused-ring (bicyclic) bond motifs is 1. The van der Waals surface area contributed by atoms with E-state index in [1.165, 1.54) is 24.7 Å². The van der Waals surface area contributed by atoms with Crippen LogP contribution >= 0.6 is 0 Å².